The van der Waals surface area contributed by atoms with Crippen LogP contribution in [0.4, 0.5) is 5.69 Å². The largest absolute Gasteiger partial charge is 0.490 e. The van der Waals surface area contributed by atoms with Crippen molar-refractivity contribution >= 4 is 22.5 Å². The molecule has 2 aromatic heterocycles. The Morgan fingerprint density at radius 3 is 2.66 bits per heavy atom. The van der Waals surface area contributed by atoms with Crippen molar-refractivity contribution in [1.82, 2.24) is 24.6 Å². The van der Waals surface area contributed by atoms with Gasteiger partial charge in [-0.1, -0.05) is 30.3 Å². The number of benzene rings is 2. The van der Waals surface area contributed by atoms with Gasteiger partial charge in [-0.25, -0.2) is 9.97 Å². The number of carbonyl (C=O) groups is 1. The summed E-state index contributed by atoms with van der Waals surface area (Å²) in [7, 11) is 5.94. The number of nitrogens with zero attached hydrogens (tertiary/aromatic N) is 5. The summed E-state index contributed by atoms with van der Waals surface area (Å²) in [5.74, 6) is 2.13. The molecule has 3 fully saturated rings. The highest BCUT2D eigenvalue weighted by molar-refractivity contribution is 6.02. The molecule has 2 aromatic carbocycles. The fourth-order valence-electron chi connectivity index (χ4n) is 5.90. The summed E-state index contributed by atoms with van der Waals surface area (Å²) < 4.78 is 8.00. The van der Waals surface area contributed by atoms with Gasteiger partial charge in [0.1, 0.15) is 24.4 Å². The van der Waals surface area contributed by atoms with Crippen LogP contribution in [0.2, 0.25) is 0 Å². The number of rotatable bonds is 8. The van der Waals surface area contributed by atoms with Gasteiger partial charge in [0.15, 0.2) is 0 Å². The second-order valence-electron chi connectivity index (χ2n) is 10.9. The Hall–Kier alpha value is -3.78. The quantitative estimate of drug-likeness (QED) is 0.359. The van der Waals surface area contributed by atoms with Crippen LogP contribution in [-0.2, 0) is 11.8 Å². The van der Waals surface area contributed by atoms with Crippen molar-refractivity contribution in [2.75, 3.05) is 32.6 Å². The normalized spacial score (nSPS) is 20.4. The first-order valence-electron chi connectivity index (χ1n) is 13.4. The first kappa shape index (κ1) is 24.6. The van der Waals surface area contributed by atoms with Gasteiger partial charge in [0.2, 0.25) is 5.91 Å². The molecule has 0 unspecified atom stereocenters. The van der Waals surface area contributed by atoms with Crippen LogP contribution < -0.4 is 10.1 Å². The molecule has 3 saturated carbocycles. The highest BCUT2D eigenvalue weighted by Crippen LogP contribution is 2.49. The smallest absolute Gasteiger partial charge is 0.227 e. The van der Waals surface area contributed by atoms with E-state index in [0.717, 1.165) is 58.7 Å². The number of ether oxygens (including phenoxy) is 1. The number of hydrogen-bond donors (Lipinski definition) is 1. The molecule has 0 radical (unpaired) electrons. The third-order valence-corrected chi connectivity index (χ3v) is 7.99. The van der Waals surface area contributed by atoms with Gasteiger partial charge in [-0.05, 0) is 57.7 Å². The number of hydrogen-bond acceptors (Lipinski definition) is 6. The molecule has 38 heavy (non-hydrogen) atoms. The number of nitrogens with one attached hydrogen (secondary N) is 1. The molecule has 8 nitrogen and oxygen atoms in total. The van der Waals surface area contributed by atoms with E-state index in [1.54, 1.807) is 6.33 Å². The van der Waals surface area contributed by atoms with Gasteiger partial charge in [0.05, 0.1) is 16.9 Å². The topological polar surface area (TPSA) is 85.2 Å². The molecule has 2 heterocycles. The second-order valence-corrected chi connectivity index (χ2v) is 10.9. The van der Waals surface area contributed by atoms with E-state index in [0.29, 0.717) is 24.0 Å². The highest BCUT2D eigenvalue weighted by Gasteiger charge is 2.43. The van der Waals surface area contributed by atoms with Crippen molar-refractivity contribution in [3.63, 3.8) is 0 Å². The number of fused-ring (bicyclic) bond motifs is 3. The average Bonchev–Trinajstić information content (AvgIpc) is 3.29. The third kappa shape index (κ3) is 4.76. The predicted molar refractivity (Wildman–Crippen MR) is 149 cm³/mol. The molecule has 0 saturated heterocycles. The minimum atomic E-state index is 0.0693. The number of aromatic nitrogens is 4. The fraction of sp³-hybridized carbons (Fsp3) is 0.400. The first-order chi connectivity index (χ1) is 18.5. The van der Waals surface area contributed by atoms with Crippen LogP contribution in [0.15, 0.2) is 55.0 Å². The van der Waals surface area contributed by atoms with Crippen LogP contribution in [0.5, 0.6) is 5.75 Å². The molecular formula is C30H34N6O2. The maximum absolute atomic E-state index is 13.5. The average molecular weight is 511 g/mol. The Kier molecular flexibility index (Phi) is 6.57. The Labute approximate surface area is 223 Å². The molecule has 196 valence electrons. The predicted octanol–water partition coefficient (Wildman–Crippen LogP) is 5.01. The van der Waals surface area contributed by atoms with Crippen molar-refractivity contribution in [1.29, 1.82) is 0 Å². The molecule has 1 atom stereocenters. The number of anilines is 1. The second kappa shape index (κ2) is 10.2. The number of likely N-dealkylation sites (N-methyl/N-ethyl adjacent to an activating group) is 1. The zero-order chi connectivity index (χ0) is 26.2. The van der Waals surface area contributed by atoms with E-state index in [9.17, 15) is 4.79 Å². The minimum absolute atomic E-state index is 0.0693. The molecule has 3 aliphatic carbocycles. The Morgan fingerprint density at radius 2 is 1.92 bits per heavy atom. The summed E-state index contributed by atoms with van der Waals surface area (Å²) in [5.41, 5.74) is 4.99. The van der Waals surface area contributed by atoms with Crippen LogP contribution in [-0.4, -0.2) is 57.8 Å². The van der Waals surface area contributed by atoms with Gasteiger partial charge >= 0.3 is 0 Å². The molecule has 7 rings (SSSR count). The zero-order valence-corrected chi connectivity index (χ0v) is 22.2. The van der Waals surface area contributed by atoms with E-state index in [1.807, 2.05) is 74.5 Å². The van der Waals surface area contributed by atoms with E-state index in [-0.39, 0.29) is 11.8 Å². The van der Waals surface area contributed by atoms with Crippen LogP contribution >= 0.6 is 0 Å². The third-order valence-electron chi connectivity index (χ3n) is 7.99. The van der Waals surface area contributed by atoms with E-state index < -0.39 is 0 Å². The molecule has 0 aliphatic heterocycles. The summed E-state index contributed by atoms with van der Waals surface area (Å²) in [6.07, 6.45) is 8.05. The maximum atomic E-state index is 13.5. The van der Waals surface area contributed by atoms with Gasteiger partial charge in [0.25, 0.3) is 0 Å². The van der Waals surface area contributed by atoms with E-state index >= 15 is 0 Å². The summed E-state index contributed by atoms with van der Waals surface area (Å²) in [6, 6.07) is 14.0. The number of amides is 1. The van der Waals surface area contributed by atoms with Gasteiger partial charge in [0, 0.05) is 48.3 Å². The van der Waals surface area contributed by atoms with Crippen LogP contribution in [0.25, 0.3) is 33.4 Å². The highest BCUT2D eigenvalue weighted by atomic mass is 16.5. The van der Waals surface area contributed by atoms with E-state index in [4.69, 9.17) is 14.8 Å². The summed E-state index contributed by atoms with van der Waals surface area (Å²) in [6.45, 7) is 1.27. The van der Waals surface area contributed by atoms with Crippen molar-refractivity contribution in [2.24, 2.45) is 24.8 Å². The lowest BCUT2D eigenvalue weighted by Gasteiger charge is -2.45. The summed E-state index contributed by atoms with van der Waals surface area (Å²) in [4.78, 5) is 24.8. The van der Waals surface area contributed by atoms with Gasteiger partial charge in [-0.3, -0.25) is 9.48 Å². The summed E-state index contributed by atoms with van der Waals surface area (Å²) >= 11 is 0. The maximum Gasteiger partial charge on any atom is 0.227 e. The van der Waals surface area contributed by atoms with Gasteiger partial charge in [-0.15, -0.1) is 0 Å². The minimum Gasteiger partial charge on any atom is -0.490 e. The fourth-order valence-corrected chi connectivity index (χ4v) is 5.90. The monoisotopic (exact) mass is 510 g/mol. The van der Waals surface area contributed by atoms with E-state index in [2.05, 4.69) is 15.2 Å². The molecule has 8 heteroatoms. The molecule has 0 spiro atoms. The lowest BCUT2D eigenvalue weighted by Crippen LogP contribution is -2.42. The van der Waals surface area contributed by atoms with Crippen LogP contribution in [0.1, 0.15) is 25.7 Å². The Bertz CT molecular complexity index is 1460. The molecular weight excluding hydrogens is 476 g/mol. The number of aryl methyl sites for hydroxylation is 1. The van der Waals surface area contributed by atoms with Crippen molar-refractivity contribution < 1.29 is 9.53 Å². The van der Waals surface area contributed by atoms with Crippen LogP contribution in [0, 0.1) is 17.8 Å². The molecule has 1 N–H and O–H groups in total. The zero-order valence-electron chi connectivity index (χ0n) is 22.2. The van der Waals surface area contributed by atoms with E-state index in [1.165, 1.54) is 12.8 Å². The Balaban J connectivity index is 1.41. The van der Waals surface area contributed by atoms with Crippen LogP contribution in [0.3, 0.4) is 0 Å². The molecule has 1 amide bonds. The van der Waals surface area contributed by atoms with Gasteiger partial charge in [-0.2, -0.15) is 5.10 Å². The van der Waals surface area contributed by atoms with Crippen molar-refractivity contribution in [2.45, 2.75) is 25.7 Å². The first-order valence-corrected chi connectivity index (χ1v) is 13.4. The molecule has 4 aromatic rings. The Morgan fingerprint density at radius 1 is 1.11 bits per heavy atom. The van der Waals surface area contributed by atoms with Crippen molar-refractivity contribution in [3.05, 3.63) is 55.0 Å². The van der Waals surface area contributed by atoms with Crippen molar-refractivity contribution in [3.8, 4) is 28.3 Å². The molecule has 3 aliphatic rings. The standard InChI is InChI=1S/C30H34N6O2/c1-35(2)11-12-38-27-16-25-23(15-26(27)33-30(37)22-10-9-19-13-21(22)14-19)29(32-18-31-25)24-17-36(3)34-28(24)20-7-5-4-6-8-20/h4-8,15-19,21-22H,9-14H2,1-3H3,(H,33,37)/t19?,21?,22-/m1/s1. The van der Waals surface area contributed by atoms with Gasteiger partial charge < -0.3 is 15.0 Å². The summed E-state index contributed by atoms with van der Waals surface area (Å²) in [5, 5.41) is 8.83. The molecule has 2 bridgehead atoms. The lowest BCUT2D eigenvalue weighted by molar-refractivity contribution is -0.126. The SMILES string of the molecule is CN(C)CCOc1cc2ncnc(-c3cn(C)nc3-c3ccccc3)c2cc1NC(=O)[C@@H]1CCC2CC1C2. The lowest BCUT2D eigenvalue weighted by atomic mass is 9.60. The number of carbonyl (C=O) groups excluding carboxylic acids is 1.